The van der Waals surface area contributed by atoms with Crippen LogP contribution in [0.5, 0.6) is 23.0 Å². The van der Waals surface area contributed by atoms with Gasteiger partial charge in [-0.3, -0.25) is 4.79 Å². The average molecular weight is 448 g/mol. The molecule has 0 saturated carbocycles. The molecule has 0 spiro atoms. The summed E-state index contributed by atoms with van der Waals surface area (Å²) in [6.45, 7) is 2.88. The molecule has 0 aliphatic carbocycles. The maximum Gasteiger partial charge on any atom is 0.258 e. The second kappa shape index (κ2) is 11.6. The Labute approximate surface area is 195 Å². The molecule has 172 valence electrons. The van der Waals surface area contributed by atoms with E-state index in [1.54, 1.807) is 17.0 Å². The molecule has 0 fully saturated rings. The van der Waals surface area contributed by atoms with E-state index in [1.165, 1.54) is 21.3 Å². The number of amides is 1. The standard InChI is InChI=1S/C27H29NO5/c1-5-33-23-15-13-22(14-16-23)28(17-9-12-20-10-7-6-8-11-20)27(29)21-18-24(30-2)26(32-4)25(19-21)31-3/h6-16,18-19H,5,17H2,1-4H3/b12-9+. The normalized spacial score (nSPS) is 10.7. The van der Waals surface area contributed by atoms with Crippen molar-refractivity contribution in [1.29, 1.82) is 0 Å². The minimum absolute atomic E-state index is 0.198. The molecule has 0 aromatic heterocycles. The fraction of sp³-hybridized carbons (Fsp3) is 0.222. The summed E-state index contributed by atoms with van der Waals surface area (Å²) in [5, 5.41) is 0. The Kier molecular flexibility index (Phi) is 8.36. The number of hydrogen-bond donors (Lipinski definition) is 0. The van der Waals surface area contributed by atoms with Gasteiger partial charge in [0.1, 0.15) is 5.75 Å². The molecule has 0 N–H and O–H groups in total. The molecule has 0 unspecified atom stereocenters. The molecule has 3 aromatic rings. The second-order valence-electron chi connectivity index (χ2n) is 7.07. The van der Waals surface area contributed by atoms with Gasteiger partial charge >= 0.3 is 0 Å². The number of methoxy groups -OCH3 is 3. The number of carbonyl (C=O) groups excluding carboxylic acids is 1. The van der Waals surface area contributed by atoms with Gasteiger partial charge in [0.2, 0.25) is 5.75 Å². The Balaban J connectivity index is 1.97. The third-order valence-electron chi connectivity index (χ3n) is 5.01. The van der Waals surface area contributed by atoms with Crippen molar-refractivity contribution >= 4 is 17.7 Å². The molecule has 33 heavy (non-hydrogen) atoms. The lowest BCUT2D eigenvalue weighted by Crippen LogP contribution is -2.31. The summed E-state index contributed by atoms with van der Waals surface area (Å²) in [5.74, 6) is 1.84. The largest absolute Gasteiger partial charge is 0.494 e. The van der Waals surface area contributed by atoms with Crippen molar-refractivity contribution in [2.75, 3.05) is 39.4 Å². The van der Waals surface area contributed by atoms with E-state index < -0.39 is 0 Å². The summed E-state index contributed by atoms with van der Waals surface area (Å²) in [6.07, 6.45) is 3.95. The van der Waals surface area contributed by atoms with Gasteiger partial charge in [-0.05, 0) is 48.9 Å². The number of nitrogens with zero attached hydrogens (tertiary/aromatic N) is 1. The number of hydrogen-bond acceptors (Lipinski definition) is 5. The topological polar surface area (TPSA) is 57.2 Å². The summed E-state index contributed by atoms with van der Waals surface area (Å²) in [4.78, 5) is 15.3. The van der Waals surface area contributed by atoms with Gasteiger partial charge in [-0.25, -0.2) is 0 Å². The zero-order chi connectivity index (χ0) is 23.6. The first kappa shape index (κ1) is 23.7. The smallest absolute Gasteiger partial charge is 0.258 e. The van der Waals surface area contributed by atoms with Gasteiger partial charge in [-0.1, -0.05) is 42.5 Å². The molecule has 1 amide bonds. The lowest BCUT2D eigenvalue weighted by Gasteiger charge is -2.23. The molecule has 0 heterocycles. The molecule has 0 saturated heterocycles. The highest BCUT2D eigenvalue weighted by atomic mass is 16.5. The van der Waals surface area contributed by atoms with Crippen LogP contribution in [0.15, 0.2) is 72.8 Å². The Hall–Kier alpha value is -3.93. The van der Waals surface area contributed by atoms with Gasteiger partial charge in [0.15, 0.2) is 11.5 Å². The van der Waals surface area contributed by atoms with Crippen LogP contribution in [0, 0.1) is 0 Å². The van der Waals surface area contributed by atoms with Crippen LogP contribution in [0.1, 0.15) is 22.8 Å². The Morgan fingerprint density at radius 3 is 2.06 bits per heavy atom. The van der Waals surface area contributed by atoms with Crippen LogP contribution in [0.25, 0.3) is 6.08 Å². The highest BCUT2D eigenvalue weighted by Crippen LogP contribution is 2.38. The Morgan fingerprint density at radius 1 is 0.879 bits per heavy atom. The monoisotopic (exact) mass is 447 g/mol. The third kappa shape index (κ3) is 5.86. The molecule has 0 aliphatic rings. The predicted molar refractivity (Wildman–Crippen MR) is 131 cm³/mol. The molecule has 6 heteroatoms. The van der Waals surface area contributed by atoms with Crippen molar-refractivity contribution in [1.82, 2.24) is 0 Å². The molecule has 3 aromatic carbocycles. The molecular weight excluding hydrogens is 418 g/mol. The summed E-state index contributed by atoms with van der Waals surface area (Å²) in [5.41, 5.74) is 2.23. The number of rotatable bonds is 10. The number of ether oxygens (including phenoxy) is 4. The summed E-state index contributed by atoms with van der Waals surface area (Å²) in [7, 11) is 4.58. The highest BCUT2D eigenvalue weighted by molar-refractivity contribution is 6.07. The number of anilines is 1. The van der Waals surface area contributed by atoms with Crippen LogP contribution in [0.4, 0.5) is 5.69 Å². The van der Waals surface area contributed by atoms with E-state index in [0.717, 1.165) is 17.0 Å². The van der Waals surface area contributed by atoms with Crippen LogP contribution < -0.4 is 23.8 Å². The van der Waals surface area contributed by atoms with E-state index in [9.17, 15) is 4.79 Å². The van der Waals surface area contributed by atoms with Gasteiger partial charge in [-0.2, -0.15) is 0 Å². The van der Waals surface area contributed by atoms with Crippen LogP contribution in [0.3, 0.4) is 0 Å². The highest BCUT2D eigenvalue weighted by Gasteiger charge is 2.22. The quantitative estimate of drug-likeness (QED) is 0.412. The first-order valence-corrected chi connectivity index (χ1v) is 10.7. The predicted octanol–water partition coefficient (Wildman–Crippen LogP) is 5.47. The molecule has 3 rings (SSSR count). The lowest BCUT2D eigenvalue weighted by molar-refractivity contribution is 0.0989. The second-order valence-corrected chi connectivity index (χ2v) is 7.07. The molecular formula is C27H29NO5. The Bertz CT molecular complexity index is 1050. The van der Waals surface area contributed by atoms with E-state index in [4.69, 9.17) is 18.9 Å². The molecule has 0 radical (unpaired) electrons. The van der Waals surface area contributed by atoms with Gasteiger partial charge in [0.05, 0.1) is 27.9 Å². The van der Waals surface area contributed by atoms with Crippen LogP contribution in [-0.2, 0) is 0 Å². The van der Waals surface area contributed by atoms with E-state index in [-0.39, 0.29) is 5.91 Å². The maximum absolute atomic E-state index is 13.6. The molecule has 0 bridgehead atoms. The van der Waals surface area contributed by atoms with Gasteiger partial charge in [0, 0.05) is 17.8 Å². The lowest BCUT2D eigenvalue weighted by atomic mass is 10.1. The minimum Gasteiger partial charge on any atom is -0.494 e. The SMILES string of the molecule is CCOc1ccc(N(C/C=C/c2ccccc2)C(=O)c2cc(OC)c(OC)c(OC)c2)cc1. The average Bonchev–Trinajstić information content (AvgIpc) is 2.86. The van der Waals surface area contributed by atoms with Crippen molar-refractivity contribution in [2.24, 2.45) is 0 Å². The van der Waals surface area contributed by atoms with Crippen molar-refractivity contribution < 1.29 is 23.7 Å². The molecule has 0 aliphatic heterocycles. The van der Waals surface area contributed by atoms with Crippen molar-refractivity contribution in [3.05, 3.63) is 83.9 Å². The van der Waals surface area contributed by atoms with Gasteiger partial charge in [-0.15, -0.1) is 0 Å². The fourth-order valence-electron chi connectivity index (χ4n) is 3.41. The number of benzene rings is 3. The van der Waals surface area contributed by atoms with Crippen molar-refractivity contribution in [2.45, 2.75) is 6.92 Å². The van der Waals surface area contributed by atoms with Crippen LogP contribution in [0.2, 0.25) is 0 Å². The van der Waals surface area contributed by atoms with Crippen molar-refractivity contribution in [3.8, 4) is 23.0 Å². The zero-order valence-electron chi connectivity index (χ0n) is 19.4. The molecule has 0 atom stereocenters. The zero-order valence-corrected chi connectivity index (χ0v) is 19.4. The fourth-order valence-corrected chi connectivity index (χ4v) is 3.41. The summed E-state index contributed by atoms with van der Waals surface area (Å²) in [6, 6.07) is 20.7. The first-order valence-electron chi connectivity index (χ1n) is 10.7. The van der Waals surface area contributed by atoms with E-state index in [2.05, 4.69) is 0 Å². The minimum atomic E-state index is -0.198. The van der Waals surface area contributed by atoms with Gasteiger partial charge in [0.25, 0.3) is 5.91 Å². The summed E-state index contributed by atoms with van der Waals surface area (Å²) < 4.78 is 21.8. The van der Waals surface area contributed by atoms with Crippen molar-refractivity contribution in [3.63, 3.8) is 0 Å². The van der Waals surface area contributed by atoms with E-state index in [1.807, 2.05) is 73.7 Å². The Morgan fingerprint density at radius 2 is 1.52 bits per heavy atom. The maximum atomic E-state index is 13.6. The van der Waals surface area contributed by atoms with Crippen LogP contribution in [-0.4, -0.2) is 40.4 Å². The van der Waals surface area contributed by atoms with E-state index in [0.29, 0.717) is 36.0 Å². The summed E-state index contributed by atoms with van der Waals surface area (Å²) >= 11 is 0. The van der Waals surface area contributed by atoms with E-state index >= 15 is 0 Å². The van der Waals surface area contributed by atoms with Crippen LogP contribution >= 0.6 is 0 Å². The number of carbonyl (C=O) groups is 1. The first-order chi connectivity index (χ1) is 16.1. The molecule has 6 nitrogen and oxygen atoms in total. The third-order valence-corrected chi connectivity index (χ3v) is 5.01. The van der Waals surface area contributed by atoms with Gasteiger partial charge < -0.3 is 23.8 Å².